The predicted octanol–water partition coefficient (Wildman–Crippen LogP) is 4.96. The highest BCUT2D eigenvalue weighted by Gasteiger charge is 2.31. The molecular weight excluding hydrogens is 401 g/mol. The summed E-state index contributed by atoms with van der Waals surface area (Å²) in [5.41, 5.74) is 2.76. The maximum absolute atomic E-state index is 9.72. The van der Waals surface area contributed by atoms with E-state index in [0.717, 1.165) is 40.6 Å². The molecule has 0 fully saturated rings. The van der Waals surface area contributed by atoms with Gasteiger partial charge >= 0.3 is 0 Å². The van der Waals surface area contributed by atoms with Gasteiger partial charge in [-0.2, -0.15) is 11.8 Å². The summed E-state index contributed by atoms with van der Waals surface area (Å²) >= 11 is 14.7. The zero-order valence-electron chi connectivity index (χ0n) is 14.8. The largest absolute Gasteiger partial charge is 0.395 e. The molecule has 3 aromatic rings. The number of aromatic nitrogens is 3. The van der Waals surface area contributed by atoms with Crippen molar-refractivity contribution in [2.24, 2.45) is 0 Å². The van der Waals surface area contributed by atoms with E-state index in [1.54, 1.807) is 11.8 Å². The number of hydrogen-bond acceptors (Lipinski definition) is 4. The van der Waals surface area contributed by atoms with Crippen LogP contribution in [-0.4, -0.2) is 37.0 Å². The third-order valence-corrected chi connectivity index (χ3v) is 6.85. The van der Waals surface area contributed by atoms with Crippen molar-refractivity contribution in [3.8, 4) is 22.5 Å². The van der Waals surface area contributed by atoms with Gasteiger partial charge in [0.05, 0.1) is 11.6 Å². The Kier molecular flexibility index (Phi) is 5.21. The first-order valence-corrected chi connectivity index (χ1v) is 10.5. The highest BCUT2D eigenvalue weighted by atomic mass is 35.5. The molecule has 0 saturated carbocycles. The van der Waals surface area contributed by atoms with E-state index in [-0.39, 0.29) is 11.4 Å². The average Bonchev–Trinajstić information content (AvgIpc) is 2.95. The Labute approximate surface area is 172 Å². The minimum absolute atomic E-state index is 0.118. The van der Waals surface area contributed by atoms with Crippen molar-refractivity contribution in [1.82, 2.24) is 14.8 Å². The molecule has 2 aromatic carbocycles. The SMILES string of the molecule is CC1(CO)Cc2nnc(-c3ccc(-c4ccccc4Cl)cc3Cl)n2CCS1. The summed E-state index contributed by atoms with van der Waals surface area (Å²) in [6.07, 6.45) is 0.677. The van der Waals surface area contributed by atoms with E-state index < -0.39 is 0 Å². The Morgan fingerprint density at radius 1 is 1.11 bits per heavy atom. The first-order valence-electron chi connectivity index (χ1n) is 8.72. The van der Waals surface area contributed by atoms with Gasteiger partial charge in [0.25, 0.3) is 0 Å². The molecule has 0 radical (unpaired) electrons. The molecule has 0 amide bonds. The van der Waals surface area contributed by atoms with Gasteiger partial charge in [-0.25, -0.2) is 0 Å². The normalized spacial score (nSPS) is 19.6. The van der Waals surface area contributed by atoms with Gasteiger partial charge in [0.15, 0.2) is 5.82 Å². The number of benzene rings is 2. The van der Waals surface area contributed by atoms with Crippen molar-refractivity contribution in [3.63, 3.8) is 0 Å². The van der Waals surface area contributed by atoms with Crippen LogP contribution >= 0.6 is 35.0 Å². The molecule has 1 N–H and O–H groups in total. The van der Waals surface area contributed by atoms with E-state index in [1.807, 2.05) is 42.5 Å². The Balaban J connectivity index is 1.73. The smallest absolute Gasteiger partial charge is 0.165 e. The minimum atomic E-state index is -0.226. The van der Waals surface area contributed by atoms with Gasteiger partial charge in [0.1, 0.15) is 5.82 Å². The van der Waals surface area contributed by atoms with Crippen LogP contribution in [0.5, 0.6) is 0 Å². The molecule has 4 nitrogen and oxygen atoms in total. The van der Waals surface area contributed by atoms with Crippen LogP contribution in [0.15, 0.2) is 42.5 Å². The van der Waals surface area contributed by atoms with Gasteiger partial charge in [0, 0.05) is 39.6 Å². The van der Waals surface area contributed by atoms with E-state index in [0.29, 0.717) is 16.5 Å². The van der Waals surface area contributed by atoms with E-state index >= 15 is 0 Å². The number of halogens is 2. The highest BCUT2D eigenvalue weighted by Crippen LogP contribution is 2.37. The number of nitrogens with zero attached hydrogens (tertiary/aromatic N) is 3. The topological polar surface area (TPSA) is 50.9 Å². The first-order chi connectivity index (χ1) is 13.0. The van der Waals surface area contributed by atoms with Crippen molar-refractivity contribution >= 4 is 35.0 Å². The lowest BCUT2D eigenvalue weighted by Crippen LogP contribution is -2.28. The van der Waals surface area contributed by atoms with Gasteiger partial charge in [0.2, 0.25) is 0 Å². The molecule has 2 heterocycles. The van der Waals surface area contributed by atoms with Crippen LogP contribution in [0, 0.1) is 0 Å². The van der Waals surface area contributed by atoms with Crippen molar-refractivity contribution < 1.29 is 5.11 Å². The molecule has 0 bridgehead atoms. The predicted molar refractivity (Wildman–Crippen MR) is 113 cm³/mol. The molecule has 0 aliphatic carbocycles. The van der Waals surface area contributed by atoms with Crippen LogP contribution < -0.4 is 0 Å². The van der Waals surface area contributed by atoms with Gasteiger partial charge in [-0.1, -0.05) is 47.5 Å². The van der Waals surface area contributed by atoms with Crippen molar-refractivity contribution in [2.45, 2.75) is 24.6 Å². The summed E-state index contributed by atoms with van der Waals surface area (Å²) in [6.45, 7) is 2.97. The van der Waals surface area contributed by atoms with Gasteiger partial charge < -0.3 is 9.67 Å². The lowest BCUT2D eigenvalue weighted by atomic mass is 10.0. The fourth-order valence-corrected chi connectivity index (χ4v) is 4.93. The van der Waals surface area contributed by atoms with E-state index in [9.17, 15) is 5.11 Å². The number of aliphatic hydroxyl groups is 1. The Morgan fingerprint density at radius 2 is 1.93 bits per heavy atom. The molecule has 0 spiro atoms. The number of fused-ring (bicyclic) bond motifs is 1. The second-order valence-electron chi connectivity index (χ2n) is 6.90. The Bertz CT molecular complexity index is 991. The van der Waals surface area contributed by atoms with Crippen LogP contribution in [0.25, 0.3) is 22.5 Å². The van der Waals surface area contributed by atoms with Crippen molar-refractivity contribution in [2.75, 3.05) is 12.4 Å². The van der Waals surface area contributed by atoms with Gasteiger partial charge in [-0.3, -0.25) is 0 Å². The number of aliphatic hydroxyl groups excluding tert-OH is 1. The second kappa shape index (κ2) is 7.47. The van der Waals surface area contributed by atoms with E-state index in [1.165, 1.54) is 0 Å². The van der Waals surface area contributed by atoms with Gasteiger partial charge in [-0.15, -0.1) is 10.2 Å². The van der Waals surface area contributed by atoms with Crippen LogP contribution in [0.1, 0.15) is 12.7 Å². The monoisotopic (exact) mass is 419 g/mol. The van der Waals surface area contributed by atoms with Crippen LogP contribution in [-0.2, 0) is 13.0 Å². The fourth-order valence-electron chi connectivity index (χ4n) is 3.33. The first kappa shape index (κ1) is 18.8. The van der Waals surface area contributed by atoms with E-state index in [4.69, 9.17) is 23.2 Å². The standard InChI is InChI=1S/C20H19Cl2N3OS/c1-20(12-26)11-18-23-24-19(25(18)8-9-27-20)15-7-6-13(10-17(15)22)14-4-2-3-5-16(14)21/h2-7,10,26H,8-9,11-12H2,1H3. The molecule has 140 valence electrons. The number of thioether (sulfide) groups is 1. The maximum Gasteiger partial charge on any atom is 0.165 e. The number of hydrogen-bond donors (Lipinski definition) is 1. The molecule has 1 unspecified atom stereocenters. The molecule has 1 aromatic heterocycles. The molecule has 7 heteroatoms. The van der Waals surface area contributed by atoms with E-state index in [2.05, 4.69) is 21.7 Å². The summed E-state index contributed by atoms with van der Waals surface area (Å²) in [6, 6.07) is 13.6. The molecule has 1 aliphatic rings. The summed E-state index contributed by atoms with van der Waals surface area (Å²) < 4.78 is 1.89. The van der Waals surface area contributed by atoms with Crippen molar-refractivity contribution in [3.05, 3.63) is 58.3 Å². The zero-order chi connectivity index (χ0) is 19.0. The maximum atomic E-state index is 9.72. The van der Waals surface area contributed by atoms with Crippen LogP contribution in [0.4, 0.5) is 0 Å². The summed E-state index contributed by atoms with van der Waals surface area (Å²) in [5, 5.41) is 19.8. The molecule has 0 saturated heterocycles. The molecule has 1 atom stereocenters. The van der Waals surface area contributed by atoms with Crippen LogP contribution in [0.3, 0.4) is 0 Å². The lowest BCUT2D eigenvalue weighted by Gasteiger charge is -2.23. The molecule has 1 aliphatic heterocycles. The quantitative estimate of drug-likeness (QED) is 0.651. The average molecular weight is 420 g/mol. The fraction of sp³-hybridized carbons (Fsp3) is 0.300. The minimum Gasteiger partial charge on any atom is -0.395 e. The van der Waals surface area contributed by atoms with Gasteiger partial charge in [-0.05, 0) is 30.7 Å². The van der Waals surface area contributed by atoms with Crippen molar-refractivity contribution in [1.29, 1.82) is 0 Å². The molecular formula is C20H19Cl2N3OS. The zero-order valence-corrected chi connectivity index (χ0v) is 17.2. The third kappa shape index (κ3) is 3.61. The summed E-state index contributed by atoms with van der Waals surface area (Å²) in [4.78, 5) is 0. The van der Waals surface area contributed by atoms with Crippen LogP contribution in [0.2, 0.25) is 10.0 Å². The summed E-state index contributed by atoms with van der Waals surface area (Å²) in [5.74, 6) is 2.55. The Morgan fingerprint density at radius 3 is 2.67 bits per heavy atom. The lowest BCUT2D eigenvalue weighted by molar-refractivity contribution is 0.254. The molecule has 4 rings (SSSR count). The third-order valence-electron chi connectivity index (χ3n) is 4.85. The second-order valence-corrected chi connectivity index (χ2v) is 9.40. The number of rotatable bonds is 3. The summed E-state index contributed by atoms with van der Waals surface area (Å²) in [7, 11) is 0. The Hall–Kier alpha value is -1.53. The molecule has 27 heavy (non-hydrogen) atoms. The highest BCUT2D eigenvalue weighted by molar-refractivity contribution is 8.00.